The summed E-state index contributed by atoms with van der Waals surface area (Å²) in [4.78, 5) is 2.50. The maximum Gasteiger partial charge on any atom is 0.0594 e. The Morgan fingerprint density at radius 3 is 2.61 bits per heavy atom. The van der Waals surface area contributed by atoms with Gasteiger partial charge in [-0.3, -0.25) is 4.90 Å². The van der Waals surface area contributed by atoms with Crippen LogP contribution in [0, 0.1) is 6.92 Å². The van der Waals surface area contributed by atoms with Gasteiger partial charge >= 0.3 is 0 Å². The maximum atomic E-state index is 5.51. The summed E-state index contributed by atoms with van der Waals surface area (Å²) in [5, 5.41) is 0. The largest absolute Gasteiger partial charge is 0.379 e. The molecule has 0 saturated carbocycles. The van der Waals surface area contributed by atoms with Crippen molar-refractivity contribution in [2.24, 2.45) is 0 Å². The van der Waals surface area contributed by atoms with Crippen molar-refractivity contribution in [3.05, 3.63) is 53.9 Å². The predicted molar refractivity (Wildman–Crippen MR) is 97.7 cm³/mol. The van der Waals surface area contributed by atoms with E-state index < -0.39 is 0 Å². The van der Waals surface area contributed by atoms with E-state index in [1.165, 1.54) is 27.9 Å². The van der Waals surface area contributed by atoms with Crippen LogP contribution >= 0.6 is 0 Å². The molecular formula is C20H26N2O. The summed E-state index contributed by atoms with van der Waals surface area (Å²) >= 11 is 0. The second-order valence-electron chi connectivity index (χ2n) is 6.44. The van der Waals surface area contributed by atoms with E-state index in [0.717, 1.165) is 31.9 Å². The first-order valence-corrected chi connectivity index (χ1v) is 8.28. The fourth-order valence-electron chi connectivity index (χ4n) is 3.49. The van der Waals surface area contributed by atoms with Gasteiger partial charge in [0.25, 0.3) is 0 Å². The summed E-state index contributed by atoms with van der Waals surface area (Å²) in [6, 6.07) is 4.76. The van der Waals surface area contributed by atoms with Gasteiger partial charge in [0.15, 0.2) is 0 Å². The van der Waals surface area contributed by atoms with E-state index in [2.05, 4.69) is 61.6 Å². The molecule has 1 aliphatic rings. The van der Waals surface area contributed by atoms with Crippen molar-refractivity contribution >= 4 is 17.2 Å². The average molecular weight is 310 g/mol. The van der Waals surface area contributed by atoms with Crippen LogP contribution in [-0.2, 0) is 4.74 Å². The number of allylic oxidation sites excluding steroid dienone is 1. The van der Waals surface area contributed by atoms with Crippen LogP contribution < -0.4 is 0 Å². The zero-order valence-corrected chi connectivity index (χ0v) is 14.4. The highest BCUT2D eigenvalue weighted by Crippen LogP contribution is 2.30. The second kappa shape index (κ2) is 6.34. The molecule has 122 valence electrons. The fraction of sp³-hybridized carbons (Fsp3) is 0.400. The van der Waals surface area contributed by atoms with Crippen LogP contribution in [0.15, 0.2) is 31.5 Å². The summed E-state index contributed by atoms with van der Waals surface area (Å²) in [7, 11) is 0. The van der Waals surface area contributed by atoms with Gasteiger partial charge in [-0.2, -0.15) is 0 Å². The van der Waals surface area contributed by atoms with E-state index in [0.29, 0.717) is 6.04 Å². The van der Waals surface area contributed by atoms with E-state index in [9.17, 15) is 0 Å². The summed E-state index contributed by atoms with van der Waals surface area (Å²) in [5.74, 6) is 0. The Kier molecular flexibility index (Phi) is 4.42. The number of morpholine rings is 1. The van der Waals surface area contributed by atoms with Gasteiger partial charge in [-0.25, -0.2) is 0 Å². The molecule has 2 aromatic heterocycles. The van der Waals surface area contributed by atoms with Gasteiger partial charge in [0.2, 0.25) is 0 Å². The molecule has 1 atom stereocenters. The van der Waals surface area contributed by atoms with Crippen LogP contribution in [0.1, 0.15) is 42.3 Å². The second-order valence-corrected chi connectivity index (χ2v) is 6.44. The van der Waals surface area contributed by atoms with Crippen LogP contribution in [0.3, 0.4) is 0 Å². The first kappa shape index (κ1) is 16.0. The minimum atomic E-state index is 0.340. The first-order valence-electron chi connectivity index (χ1n) is 8.28. The molecule has 3 rings (SSSR count). The highest BCUT2D eigenvalue weighted by Gasteiger charge is 2.23. The number of rotatable bonds is 4. The maximum absolute atomic E-state index is 5.51. The molecule has 23 heavy (non-hydrogen) atoms. The fourth-order valence-corrected chi connectivity index (χ4v) is 3.49. The Labute approximate surface area is 138 Å². The lowest BCUT2D eigenvalue weighted by Gasteiger charge is -2.34. The zero-order valence-electron chi connectivity index (χ0n) is 14.4. The number of aromatic nitrogens is 1. The quantitative estimate of drug-likeness (QED) is 0.836. The molecule has 3 heteroatoms. The van der Waals surface area contributed by atoms with E-state index in [4.69, 9.17) is 4.74 Å². The van der Waals surface area contributed by atoms with Gasteiger partial charge in [-0.15, -0.1) is 0 Å². The van der Waals surface area contributed by atoms with Crippen LogP contribution in [0.25, 0.3) is 17.2 Å². The van der Waals surface area contributed by atoms with E-state index in [1.54, 1.807) is 0 Å². The Hall–Kier alpha value is -1.84. The number of ether oxygens (including phenoxy) is 1. The molecule has 1 saturated heterocycles. The van der Waals surface area contributed by atoms with Crippen molar-refractivity contribution in [2.45, 2.75) is 26.8 Å². The number of nitrogens with zero attached hydrogens (tertiary/aromatic N) is 2. The van der Waals surface area contributed by atoms with Crippen LogP contribution in [0.4, 0.5) is 0 Å². The molecule has 2 aromatic rings. The molecule has 0 aliphatic carbocycles. The highest BCUT2D eigenvalue weighted by atomic mass is 16.5. The molecule has 0 spiro atoms. The van der Waals surface area contributed by atoms with Crippen molar-refractivity contribution in [1.82, 2.24) is 9.30 Å². The number of hydrogen-bond acceptors (Lipinski definition) is 2. The lowest BCUT2D eigenvalue weighted by Crippen LogP contribution is -2.38. The van der Waals surface area contributed by atoms with Crippen molar-refractivity contribution in [3.8, 4) is 0 Å². The van der Waals surface area contributed by atoms with E-state index in [1.807, 2.05) is 6.08 Å². The van der Waals surface area contributed by atoms with Crippen LogP contribution in [0.5, 0.6) is 0 Å². The standard InChI is InChI=1S/C20H26N2O/c1-6-17-11-19-12-18(14(2)3)13-22(19)20(15(17)4)16(5)21-7-9-23-10-8-21/h6,11-13,16H,1-2,7-10H2,3-5H3. The summed E-state index contributed by atoms with van der Waals surface area (Å²) in [6.45, 7) is 18.2. The summed E-state index contributed by atoms with van der Waals surface area (Å²) in [5.41, 5.74) is 7.34. The molecule has 3 heterocycles. The monoisotopic (exact) mass is 310 g/mol. The third kappa shape index (κ3) is 2.87. The van der Waals surface area contributed by atoms with Crippen molar-refractivity contribution in [1.29, 1.82) is 0 Å². The molecule has 1 unspecified atom stereocenters. The van der Waals surface area contributed by atoms with Crippen molar-refractivity contribution < 1.29 is 4.74 Å². The minimum absolute atomic E-state index is 0.340. The third-order valence-electron chi connectivity index (χ3n) is 4.93. The van der Waals surface area contributed by atoms with Gasteiger partial charge < -0.3 is 9.14 Å². The third-order valence-corrected chi connectivity index (χ3v) is 4.93. The van der Waals surface area contributed by atoms with Gasteiger partial charge in [0, 0.05) is 36.5 Å². The first-order chi connectivity index (χ1) is 11.0. The van der Waals surface area contributed by atoms with Crippen LogP contribution in [-0.4, -0.2) is 35.6 Å². The lowest BCUT2D eigenvalue weighted by atomic mass is 10.0. The van der Waals surface area contributed by atoms with E-state index >= 15 is 0 Å². The van der Waals surface area contributed by atoms with Gasteiger partial charge in [0.1, 0.15) is 0 Å². The molecule has 3 nitrogen and oxygen atoms in total. The Morgan fingerprint density at radius 1 is 1.30 bits per heavy atom. The van der Waals surface area contributed by atoms with Crippen LogP contribution in [0.2, 0.25) is 0 Å². The lowest BCUT2D eigenvalue weighted by molar-refractivity contribution is 0.0187. The van der Waals surface area contributed by atoms with Gasteiger partial charge in [0.05, 0.1) is 13.2 Å². The number of hydrogen-bond donors (Lipinski definition) is 0. The Balaban J connectivity index is 2.17. The molecule has 1 fully saturated rings. The molecule has 0 radical (unpaired) electrons. The molecular weight excluding hydrogens is 284 g/mol. The zero-order chi connectivity index (χ0) is 16.6. The molecule has 0 N–H and O–H groups in total. The van der Waals surface area contributed by atoms with Crippen molar-refractivity contribution in [2.75, 3.05) is 26.3 Å². The Bertz CT molecular complexity index is 751. The normalized spacial score (nSPS) is 17.3. The molecule has 0 amide bonds. The Morgan fingerprint density at radius 2 is 2.00 bits per heavy atom. The average Bonchev–Trinajstić information content (AvgIpc) is 2.98. The number of fused-ring (bicyclic) bond motifs is 1. The smallest absolute Gasteiger partial charge is 0.0594 e. The van der Waals surface area contributed by atoms with Gasteiger partial charge in [-0.1, -0.05) is 19.2 Å². The minimum Gasteiger partial charge on any atom is -0.379 e. The van der Waals surface area contributed by atoms with Gasteiger partial charge in [-0.05, 0) is 55.2 Å². The molecule has 1 aliphatic heterocycles. The number of pyridine rings is 1. The van der Waals surface area contributed by atoms with Crippen molar-refractivity contribution in [3.63, 3.8) is 0 Å². The molecule has 0 aromatic carbocycles. The molecule has 0 bridgehead atoms. The summed E-state index contributed by atoms with van der Waals surface area (Å²) < 4.78 is 7.83. The highest BCUT2D eigenvalue weighted by molar-refractivity contribution is 5.71. The van der Waals surface area contributed by atoms with E-state index in [-0.39, 0.29) is 0 Å². The SMILES string of the molecule is C=Cc1cc2cc(C(=C)C)cn2c(C(C)N2CCOCC2)c1C. The predicted octanol–water partition coefficient (Wildman–Crippen LogP) is 4.32. The topological polar surface area (TPSA) is 16.9 Å². The summed E-state index contributed by atoms with van der Waals surface area (Å²) in [6.07, 6.45) is 4.17.